The van der Waals surface area contributed by atoms with Crippen molar-refractivity contribution in [2.45, 2.75) is 34.1 Å². The molecule has 5 heteroatoms. The van der Waals surface area contributed by atoms with Crippen molar-refractivity contribution in [3.63, 3.8) is 0 Å². The lowest BCUT2D eigenvalue weighted by Gasteiger charge is -1.92. The number of carbonyl (C=O) groups is 1. The topological polar surface area (TPSA) is 68.0 Å². The predicted molar refractivity (Wildman–Crippen MR) is 49.3 cm³/mol. The number of aryl methyl sites for hydroxylation is 1. The van der Waals surface area contributed by atoms with E-state index in [1.165, 1.54) is 0 Å². The molecule has 5 nitrogen and oxygen atoms in total. The molecule has 0 saturated heterocycles. The monoisotopic (exact) mass is 185 g/mol. The lowest BCUT2D eigenvalue weighted by atomic mass is 10.5. The number of carbonyl (C=O) groups excluding carboxylic acids is 1. The summed E-state index contributed by atoms with van der Waals surface area (Å²) in [6.45, 7) is 7.41. The maximum Gasteiger partial charge on any atom is 0.270 e. The van der Waals surface area contributed by atoms with Crippen molar-refractivity contribution in [1.29, 1.82) is 0 Å². The molecule has 1 aromatic heterocycles. The minimum absolute atomic E-state index is 0.120. The van der Waals surface area contributed by atoms with E-state index in [2.05, 4.69) is 20.0 Å². The van der Waals surface area contributed by atoms with Gasteiger partial charge in [-0.15, -0.1) is 0 Å². The Morgan fingerprint density at radius 2 is 2.15 bits per heavy atom. The van der Waals surface area contributed by atoms with Crippen LogP contribution in [0, 0.1) is 6.92 Å². The summed E-state index contributed by atoms with van der Waals surface area (Å²) < 4.78 is 4.63. The van der Waals surface area contributed by atoms with Gasteiger partial charge >= 0.3 is 0 Å². The Morgan fingerprint density at radius 3 is 2.54 bits per heavy atom. The number of anilines is 1. The van der Waals surface area contributed by atoms with Crippen molar-refractivity contribution in [2.24, 2.45) is 0 Å². The van der Waals surface area contributed by atoms with Crippen LogP contribution in [0.2, 0.25) is 0 Å². The second-order valence-electron chi connectivity index (χ2n) is 2.04. The number of hydrogen-bond acceptors (Lipinski definition) is 4. The number of amides is 1. The normalized spacial score (nSPS) is 8.62. The molecular weight excluding hydrogens is 170 g/mol. The highest BCUT2D eigenvalue weighted by molar-refractivity contribution is 5.88. The first-order valence-corrected chi connectivity index (χ1v) is 4.32. The average Bonchev–Trinajstić information content (AvgIpc) is 2.54. The summed E-state index contributed by atoms with van der Waals surface area (Å²) in [5.74, 6) is 0.552. The van der Waals surface area contributed by atoms with Gasteiger partial charge in [0.2, 0.25) is 11.8 Å². The molecule has 0 aromatic carbocycles. The molecule has 1 N–H and O–H groups in total. The van der Waals surface area contributed by atoms with Crippen LogP contribution in [0.15, 0.2) is 4.52 Å². The van der Waals surface area contributed by atoms with E-state index in [1.54, 1.807) is 13.8 Å². The molecule has 1 heterocycles. The van der Waals surface area contributed by atoms with Crippen LogP contribution in [-0.4, -0.2) is 16.0 Å². The molecule has 0 atom stereocenters. The van der Waals surface area contributed by atoms with E-state index in [-0.39, 0.29) is 11.9 Å². The van der Waals surface area contributed by atoms with Gasteiger partial charge in [-0.1, -0.05) is 20.8 Å². The highest BCUT2D eigenvalue weighted by Gasteiger charge is 2.03. The van der Waals surface area contributed by atoms with Crippen molar-refractivity contribution in [1.82, 2.24) is 10.1 Å². The maximum atomic E-state index is 10.8. The molecule has 0 saturated carbocycles. The summed E-state index contributed by atoms with van der Waals surface area (Å²) in [5, 5.41) is 5.94. The van der Waals surface area contributed by atoms with E-state index < -0.39 is 0 Å². The summed E-state index contributed by atoms with van der Waals surface area (Å²) >= 11 is 0. The Balaban J connectivity index is 0.000000671. The third kappa shape index (κ3) is 4.25. The van der Waals surface area contributed by atoms with Crippen LogP contribution in [0.4, 0.5) is 5.95 Å². The van der Waals surface area contributed by atoms with E-state index >= 15 is 0 Å². The molecule has 0 aliphatic carbocycles. The summed E-state index contributed by atoms with van der Waals surface area (Å²) in [7, 11) is 0. The number of nitrogens with one attached hydrogen (secondary N) is 1. The summed E-state index contributed by atoms with van der Waals surface area (Å²) in [4.78, 5) is 14.5. The van der Waals surface area contributed by atoms with Crippen molar-refractivity contribution >= 4 is 11.9 Å². The van der Waals surface area contributed by atoms with Crippen LogP contribution in [0.5, 0.6) is 0 Å². The van der Waals surface area contributed by atoms with Crippen molar-refractivity contribution in [2.75, 3.05) is 5.32 Å². The Morgan fingerprint density at radius 1 is 1.54 bits per heavy atom. The SMILES string of the molecule is CC.CCC(=O)Nc1noc(C)n1. The predicted octanol–water partition coefficient (Wildman–Crippen LogP) is 1.75. The number of hydrogen-bond donors (Lipinski definition) is 1. The zero-order chi connectivity index (χ0) is 10.3. The molecule has 0 unspecified atom stereocenters. The molecule has 1 amide bonds. The fourth-order valence-corrected chi connectivity index (χ4v) is 0.563. The number of rotatable bonds is 2. The minimum atomic E-state index is -0.120. The van der Waals surface area contributed by atoms with Gasteiger partial charge in [0.05, 0.1) is 0 Å². The molecule has 0 aliphatic rings. The van der Waals surface area contributed by atoms with Gasteiger partial charge in [-0.25, -0.2) is 0 Å². The second-order valence-corrected chi connectivity index (χ2v) is 2.04. The fourth-order valence-electron chi connectivity index (χ4n) is 0.563. The van der Waals surface area contributed by atoms with E-state index in [1.807, 2.05) is 13.8 Å². The van der Waals surface area contributed by atoms with Crippen molar-refractivity contribution in [3.8, 4) is 0 Å². The first-order chi connectivity index (χ1) is 6.22. The molecule has 1 rings (SSSR count). The van der Waals surface area contributed by atoms with E-state index in [4.69, 9.17) is 0 Å². The maximum absolute atomic E-state index is 10.8. The summed E-state index contributed by atoms with van der Waals surface area (Å²) in [5.41, 5.74) is 0. The standard InChI is InChI=1S/C6H9N3O2.C2H6/c1-3-5(10)8-6-7-4(2)11-9-6;1-2/h3H2,1-2H3,(H,8,9,10);1-2H3. The third-order valence-corrected chi connectivity index (χ3v) is 1.10. The molecule has 0 bridgehead atoms. The van der Waals surface area contributed by atoms with Crippen LogP contribution in [-0.2, 0) is 4.79 Å². The average molecular weight is 185 g/mol. The van der Waals surface area contributed by atoms with Gasteiger partial charge in [0.1, 0.15) is 0 Å². The first-order valence-electron chi connectivity index (χ1n) is 4.32. The molecule has 74 valence electrons. The van der Waals surface area contributed by atoms with Crippen LogP contribution >= 0.6 is 0 Å². The Labute approximate surface area is 77.5 Å². The lowest BCUT2D eigenvalue weighted by molar-refractivity contribution is -0.115. The van der Waals surface area contributed by atoms with Crippen LogP contribution in [0.1, 0.15) is 33.1 Å². The van der Waals surface area contributed by atoms with Gasteiger partial charge in [0.25, 0.3) is 5.95 Å². The van der Waals surface area contributed by atoms with E-state index in [0.29, 0.717) is 12.3 Å². The van der Waals surface area contributed by atoms with Gasteiger partial charge in [0.15, 0.2) is 0 Å². The van der Waals surface area contributed by atoms with Crippen LogP contribution in [0.25, 0.3) is 0 Å². The second kappa shape index (κ2) is 6.16. The zero-order valence-electron chi connectivity index (χ0n) is 8.42. The van der Waals surface area contributed by atoms with Crippen LogP contribution in [0.3, 0.4) is 0 Å². The number of aromatic nitrogens is 2. The lowest BCUT2D eigenvalue weighted by Crippen LogP contribution is -2.10. The van der Waals surface area contributed by atoms with E-state index in [0.717, 1.165) is 0 Å². The molecular formula is C8H15N3O2. The Bertz CT molecular complexity index is 258. The Kier molecular flexibility index (Phi) is 5.50. The van der Waals surface area contributed by atoms with Gasteiger partial charge in [-0.3, -0.25) is 10.1 Å². The quantitative estimate of drug-likeness (QED) is 0.762. The number of nitrogens with zero attached hydrogens (tertiary/aromatic N) is 2. The minimum Gasteiger partial charge on any atom is -0.338 e. The third-order valence-electron chi connectivity index (χ3n) is 1.10. The Hall–Kier alpha value is -1.39. The molecule has 0 radical (unpaired) electrons. The van der Waals surface area contributed by atoms with Crippen molar-refractivity contribution in [3.05, 3.63) is 5.89 Å². The largest absolute Gasteiger partial charge is 0.338 e. The zero-order valence-corrected chi connectivity index (χ0v) is 8.42. The molecule has 0 aliphatic heterocycles. The fraction of sp³-hybridized carbons (Fsp3) is 0.625. The van der Waals surface area contributed by atoms with E-state index in [9.17, 15) is 4.79 Å². The molecule has 1 aromatic rings. The summed E-state index contributed by atoms with van der Waals surface area (Å²) in [6, 6.07) is 0. The van der Waals surface area contributed by atoms with Gasteiger partial charge in [-0.2, -0.15) is 4.98 Å². The van der Waals surface area contributed by atoms with Gasteiger partial charge in [0, 0.05) is 13.3 Å². The molecule has 0 fully saturated rings. The van der Waals surface area contributed by atoms with Crippen molar-refractivity contribution < 1.29 is 9.32 Å². The highest BCUT2D eigenvalue weighted by Crippen LogP contribution is 2.00. The first kappa shape index (κ1) is 11.6. The van der Waals surface area contributed by atoms with Gasteiger partial charge < -0.3 is 4.52 Å². The van der Waals surface area contributed by atoms with Gasteiger partial charge in [-0.05, 0) is 5.16 Å². The summed E-state index contributed by atoms with van der Waals surface area (Å²) in [6.07, 6.45) is 0.410. The molecule has 0 spiro atoms. The van der Waals surface area contributed by atoms with Crippen LogP contribution < -0.4 is 5.32 Å². The molecule has 13 heavy (non-hydrogen) atoms. The smallest absolute Gasteiger partial charge is 0.270 e. The highest BCUT2D eigenvalue weighted by atomic mass is 16.5.